The van der Waals surface area contributed by atoms with Crippen LogP contribution < -0.4 is 5.73 Å². The smallest absolute Gasteiger partial charge is 0.144 e. The van der Waals surface area contributed by atoms with E-state index in [2.05, 4.69) is 18.4 Å². The van der Waals surface area contributed by atoms with Crippen LogP contribution in [0.2, 0.25) is 5.02 Å². The number of halogens is 1. The normalized spacial score (nSPS) is 15.0. The van der Waals surface area contributed by atoms with E-state index in [1.54, 1.807) is 11.3 Å². The fraction of sp³-hybridized carbons (Fsp3) is 0.312. The van der Waals surface area contributed by atoms with Crippen LogP contribution in [0.3, 0.4) is 0 Å². The predicted molar refractivity (Wildman–Crippen MR) is 90.2 cm³/mol. The molecule has 1 aliphatic carbocycles. The number of nitrogen functional groups attached to an aromatic ring is 1. The molecule has 2 N–H and O–H groups in total. The second kappa shape index (κ2) is 4.49. The summed E-state index contributed by atoms with van der Waals surface area (Å²) in [4.78, 5) is 6.10. The highest BCUT2D eigenvalue weighted by molar-refractivity contribution is 7.16. The van der Waals surface area contributed by atoms with Gasteiger partial charge in [-0.1, -0.05) is 17.7 Å². The first-order valence-corrected chi connectivity index (χ1v) is 8.29. The van der Waals surface area contributed by atoms with Crippen LogP contribution in [0.5, 0.6) is 0 Å². The first-order valence-electron chi connectivity index (χ1n) is 7.10. The van der Waals surface area contributed by atoms with Gasteiger partial charge in [0.25, 0.3) is 0 Å². The topological polar surface area (TPSA) is 43.8 Å². The zero-order valence-electron chi connectivity index (χ0n) is 12.0. The van der Waals surface area contributed by atoms with Gasteiger partial charge in [0.1, 0.15) is 5.82 Å². The van der Waals surface area contributed by atoms with Crippen LogP contribution in [-0.2, 0) is 0 Å². The van der Waals surface area contributed by atoms with Crippen molar-refractivity contribution < 1.29 is 0 Å². The molecular weight excluding hydrogens is 302 g/mol. The minimum absolute atomic E-state index is 0.504. The number of imidazole rings is 1. The largest absolute Gasteiger partial charge is 0.390 e. The monoisotopic (exact) mass is 317 g/mol. The number of hydrogen-bond acceptors (Lipinski definition) is 3. The van der Waals surface area contributed by atoms with Gasteiger partial charge in [-0.25, -0.2) is 4.98 Å². The summed E-state index contributed by atoms with van der Waals surface area (Å²) in [5.41, 5.74) is 10.6. The lowest BCUT2D eigenvalue weighted by molar-refractivity contribution is 0.775. The molecule has 0 saturated heterocycles. The number of aromatic nitrogens is 2. The standard InChI is InChI=1S/C16H16ClN3S/c1-8-9(2)21-15(18)13(8)16-19-12-5-3-4-11(17)14(12)20(16)10-6-7-10/h3-5,10H,6-7,18H2,1-2H3. The third kappa shape index (κ3) is 1.89. The summed E-state index contributed by atoms with van der Waals surface area (Å²) in [7, 11) is 0. The fourth-order valence-corrected chi connectivity index (χ4v) is 4.09. The van der Waals surface area contributed by atoms with Crippen LogP contribution >= 0.6 is 22.9 Å². The van der Waals surface area contributed by atoms with Gasteiger partial charge in [0.05, 0.1) is 26.6 Å². The molecule has 3 aromatic rings. The van der Waals surface area contributed by atoms with E-state index in [4.69, 9.17) is 22.3 Å². The van der Waals surface area contributed by atoms with Gasteiger partial charge in [-0.05, 0) is 44.4 Å². The molecule has 0 radical (unpaired) electrons. The molecule has 5 heteroatoms. The Balaban J connectivity index is 2.09. The van der Waals surface area contributed by atoms with Crippen LogP contribution in [0.25, 0.3) is 22.4 Å². The molecule has 2 heterocycles. The van der Waals surface area contributed by atoms with Crippen molar-refractivity contribution >= 4 is 39.0 Å². The first-order chi connectivity index (χ1) is 10.1. The first kappa shape index (κ1) is 13.2. The van der Waals surface area contributed by atoms with Gasteiger partial charge in [0.2, 0.25) is 0 Å². The number of benzene rings is 1. The maximum atomic E-state index is 6.43. The highest BCUT2D eigenvalue weighted by Gasteiger charge is 2.31. The number of fused-ring (bicyclic) bond motifs is 1. The molecule has 0 unspecified atom stereocenters. The lowest BCUT2D eigenvalue weighted by Crippen LogP contribution is -1.99. The van der Waals surface area contributed by atoms with Crippen molar-refractivity contribution in [3.8, 4) is 11.4 Å². The molecule has 21 heavy (non-hydrogen) atoms. The molecular formula is C16H16ClN3S. The Morgan fingerprint density at radius 1 is 1.33 bits per heavy atom. The Bertz CT molecular complexity index is 858. The Kier molecular flexibility index (Phi) is 2.81. The van der Waals surface area contributed by atoms with Crippen LogP contribution in [0.4, 0.5) is 5.00 Å². The summed E-state index contributed by atoms with van der Waals surface area (Å²) in [6.45, 7) is 4.23. The average Bonchev–Trinajstić information content (AvgIpc) is 3.15. The van der Waals surface area contributed by atoms with Gasteiger partial charge in [-0.3, -0.25) is 0 Å². The molecule has 1 aliphatic rings. The zero-order chi connectivity index (χ0) is 14.7. The third-order valence-corrected chi connectivity index (χ3v) is 5.55. The van der Waals surface area contributed by atoms with E-state index in [1.807, 2.05) is 18.2 Å². The maximum absolute atomic E-state index is 6.43. The lowest BCUT2D eigenvalue weighted by Gasteiger charge is -2.09. The van der Waals surface area contributed by atoms with Crippen molar-refractivity contribution in [3.05, 3.63) is 33.7 Å². The molecule has 1 fully saturated rings. The molecule has 0 atom stereocenters. The van der Waals surface area contributed by atoms with Crippen LogP contribution in [0.15, 0.2) is 18.2 Å². The second-order valence-electron chi connectivity index (χ2n) is 5.67. The summed E-state index contributed by atoms with van der Waals surface area (Å²) in [6, 6.07) is 6.41. The van der Waals surface area contributed by atoms with E-state index in [0.29, 0.717) is 6.04 Å². The highest BCUT2D eigenvalue weighted by atomic mass is 35.5. The number of thiophene rings is 1. The summed E-state index contributed by atoms with van der Waals surface area (Å²) in [5, 5.41) is 1.61. The number of rotatable bonds is 2. The van der Waals surface area contributed by atoms with Gasteiger partial charge >= 0.3 is 0 Å². The summed E-state index contributed by atoms with van der Waals surface area (Å²) in [5.74, 6) is 0.972. The molecule has 0 amide bonds. The van der Waals surface area contributed by atoms with Crippen molar-refractivity contribution in [2.24, 2.45) is 0 Å². The van der Waals surface area contributed by atoms with E-state index >= 15 is 0 Å². The molecule has 1 aromatic carbocycles. The molecule has 3 nitrogen and oxygen atoms in total. The van der Waals surface area contributed by atoms with E-state index in [0.717, 1.165) is 32.4 Å². The van der Waals surface area contributed by atoms with Gasteiger partial charge in [0, 0.05) is 10.9 Å². The van der Waals surface area contributed by atoms with Crippen molar-refractivity contribution in [1.29, 1.82) is 0 Å². The minimum Gasteiger partial charge on any atom is -0.390 e. The number of para-hydroxylation sites is 1. The summed E-state index contributed by atoms with van der Waals surface area (Å²) >= 11 is 8.07. The lowest BCUT2D eigenvalue weighted by atomic mass is 10.1. The van der Waals surface area contributed by atoms with Crippen LogP contribution in [0.1, 0.15) is 29.3 Å². The van der Waals surface area contributed by atoms with Crippen molar-refractivity contribution in [3.63, 3.8) is 0 Å². The molecule has 1 saturated carbocycles. The Morgan fingerprint density at radius 3 is 2.71 bits per heavy atom. The zero-order valence-corrected chi connectivity index (χ0v) is 13.6. The maximum Gasteiger partial charge on any atom is 0.144 e. The quantitative estimate of drug-likeness (QED) is 0.726. The molecule has 2 aromatic heterocycles. The average molecular weight is 318 g/mol. The van der Waals surface area contributed by atoms with Crippen LogP contribution in [-0.4, -0.2) is 9.55 Å². The molecule has 0 bridgehead atoms. The minimum atomic E-state index is 0.504. The molecule has 4 rings (SSSR count). The highest BCUT2D eigenvalue weighted by Crippen LogP contribution is 2.46. The van der Waals surface area contributed by atoms with E-state index < -0.39 is 0 Å². The van der Waals surface area contributed by atoms with Crippen LogP contribution in [0, 0.1) is 13.8 Å². The van der Waals surface area contributed by atoms with Gasteiger partial charge in [-0.15, -0.1) is 11.3 Å². The van der Waals surface area contributed by atoms with Crippen molar-refractivity contribution in [2.75, 3.05) is 5.73 Å². The van der Waals surface area contributed by atoms with Gasteiger partial charge < -0.3 is 10.3 Å². The second-order valence-corrected chi connectivity index (χ2v) is 7.33. The predicted octanol–water partition coefficient (Wildman–Crippen LogP) is 4.95. The number of hydrogen-bond donors (Lipinski definition) is 1. The van der Waals surface area contributed by atoms with Gasteiger partial charge in [-0.2, -0.15) is 0 Å². The molecule has 0 spiro atoms. The molecule has 0 aliphatic heterocycles. The summed E-state index contributed by atoms with van der Waals surface area (Å²) < 4.78 is 2.29. The van der Waals surface area contributed by atoms with Gasteiger partial charge in [0.15, 0.2) is 0 Å². The Morgan fingerprint density at radius 2 is 2.10 bits per heavy atom. The van der Waals surface area contributed by atoms with E-state index in [9.17, 15) is 0 Å². The number of nitrogens with zero attached hydrogens (tertiary/aromatic N) is 2. The van der Waals surface area contributed by atoms with Crippen molar-refractivity contribution in [2.45, 2.75) is 32.7 Å². The Labute approximate surface area is 132 Å². The molecule has 108 valence electrons. The number of anilines is 1. The Hall–Kier alpha value is -1.52. The summed E-state index contributed by atoms with van der Waals surface area (Å²) in [6.07, 6.45) is 2.37. The van der Waals surface area contributed by atoms with E-state index in [1.165, 1.54) is 23.3 Å². The number of aryl methyl sites for hydroxylation is 1. The third-order valence-electron chi connectivity index (χ3n) is 4.21. The number of nitrogens with two attached hydrogens (primary N) is 1. The van der Waals surface area contributed by atoms with Crippen molar-refractivity contribution in [1.82, 2.24) is 9.55 Å². The SMILES string of the molecule is Cc1sc(N)c(-c2nc3cccc(Cl)c3n2C2CC2)c1C. The fourth-order valence-electron chi connectivity index (χ4n) is 2.90. The van der Waals surface area contributed by atoms with E-state index in [-0.39, 0.29) is 0 Å².